The number of halogens is 5. The van der Waals surface area contributed by atoms with Crippen LogP contribution in [0, 0.1) is 23.3 Å². The van der Waals surface area contributed by atoms with Crippen LogP contribution in [0.2, 0.25) is 0 Å². The van der Waals surface area contributed by atoms with Crippen LogP contribution in [-0.2, 0) is 0 Å². The van der Waals surface area contributed by atoms with Crippen molar-refractivity contribution in [1.82, 2.24) is 10.2 Å². The Hall–Kier alpha value is -0.850. The van der Waals surface area contributed by atoms with E-state index in [1.165, 1.54) is 0 Å². The summed E-state index contributed by atoms with van der Waals surface area (Å²) >= 11 is 0. The van der Waals surface area contributed by atoms with Crippen LogP contribution in [0.25, 0.3) is 0 Å². The van der Waals surface area contributed by atoms with E-state index in [0.29, 0.717) is 26.2 Å². The molecule has 2 nitrogen and oxygen atoms in total. The van der Waals surface area contributed by atoms with Gasteiger partial charge in [0.1, 0.15) is 0 Å². The number of hydrogen-bond acceptors (Lipinski definition) is 2. The lowest BCUT2D eigenvalue weighted by molar-refractivity contribution is 0.177. The highest BCUT2D eigenvalue weighted by Gasteiger charge is 2.27. The third-order valence-corrected chi connectivity index (χ3v) is 3.26. The SMILES string of the molecule is C[C@H](c1c(F)c(F)cc(F)c1F)N1CCNCC1.Cl. The topological polar surface area (TPSA) is 15.3 Å². The van der Waals surface area contributed by atoms with Crippen molar-refractivity contribution in [3.63, 3.8) is 0 Å². The number of piperazine rings is 1. The third-order valence-electron chi connectivity index (χ3n) is 3.26. The van der Waals surface area contributed by atoms with Gasteiger partial charge in [-0.2, -0.15) is 0 Å². The van der Waals surface area contributed by atoms with Crippen LogP contribution in [0.5, 0.6) is 0 Å². The van der Waals surface area contributed by atoms with Crippen LogP contribution in [-0.4, -0.2) is 31.1 Å². The lowest BCUT2D eigenvalue weighted by Crippen LogP contribution is -2.44. The van der Waals surface area contributed by atoms with Crippen LogP contribution >= 0.6 is 12.4 Å². The summed E-state index contributed by atoms with van der Waals surface area (Å²) in [7, 11) is 0. The molecule has 0 radical (unpaired) electrons. The highest BCUT2D eigenvalue weighted by Crippen LogP contribution is 2.28. The molecule has 2 rings (SSSR count). The summed E-state index contributed by atoms with van der Waals surface area (Å²) in [5.41, 5.74) is -0.533. The minimum Gasteiger partial charge on any atom is -0.314 e. The molecule has 1 aliphatic rings. The van der Waals surface area contributed by atoms with E-state index in [2.05, 4.69) is 5.32 Å². The number of nitrogens with zero attached hydrogens (tertiary/aromatic N) is 1. The van der Waals surface area contributed by atoms with E-state index in [-0.39, 0.29) is 18.5 Å². The molecule has 1 aromatic rings. The number of benzene rings is 1. The fraction of sp³-hybridized carbons (Fsp3) is 0.500. The molecule has 0 bridgehead atoms. The van der Waals surface area contributed by atoms with Crippen LogP contribution in [0.15, 0.2) is 6.07 Å². The van der Waals surface area contributed by atoms with Gasteiger partial charge in [0.25, 0.3) is 0 Å². The predicted molar refractivity (Wildman–Crippen MR) is 66.4 cm³/mol. The van der Waals surface area contributed by atoms with Gasteiger partial charge in [-0.15, -0.1) is 12.4 Å². The summed E-state index contributed by atoms with van der Waals surface area (Å²) in [6, 6.07) is -0.462. The fourth-order valence-corrected chi connectivity index (χ4v) is 2.21. The zero-order chi connectivity index (χ0) is 13.3. The molecule has 1 atom stereocenters. The molecule has 1 heterocycles. The first-order chi connectivity index (χ1) is 8.52. The highest BCUT2D eigenvalue weighted by molar-refractivity contribution is 5.85. The lowest BCUT2D eigenvalue weighted by Gasteiger charge is -2.33. The molecule has 19 heavy (non-hydrogen) atoms. The maximum Gasteiger partial charge on any atom is 0.166 e. The van der Waals surface area contributed by atoms with E-state index in [1.54, 1.807) is 11.8 Å². The molecule has 7 heteroatoms. The van der Waals surface area contributed by atoms with Gasteiger partial charge in [0.05, 0.1) is 0 Å². The Kier molecular flexibility index (Phi) is 5.58. The molecule has 108 valence electrons. The molecule has 0 saturated carbocycles. The maximum absolute atomic E-state index is 13.6. The van der Waals surface area contributed by atoms with Gasteiger partial charge in [0.15, 0.2) is 23.3 Å². The van der Waals surface area contributed by atoms with E-state index in [0.717, 1.165) is 0 Å². The Morgan fingerprint density at radius 1 is 1.05 bits per heavy atom. The quantitative estimate of drug-likeness (QED) is 0.667. The van der Waals surface area contributed by atoms with E-state index < -0.39 is 34.9 Å². The summed E-state index contributed by atoms with van der Waals surface area (Å²) in [4.78, 5) is 1.79. The molecule has 1 fully saturated rings. The lowest BCUT2D eigenvalue weighted by atomic mass is 10.0. The second-order valence-corrected chi connectivity index (χ2v) is 4.34. The van der Waals surface area contributed by atoms with Gasteiger partial charge in [-0.05, 0) is 6.92 Å². The number of nitrogens with one attached hydrogen (secondary N) is 1. The van der Waals surface area contributed by atoms with E-state index in [9.17, 15) is 17.6 Å². The fourth-order valence-electron chi connectivity index (χ4n) is 2.21. The van der Waals surface area contributed by atoms with Crippen molar-refractivity contribution in [2.24, 2.45) is 0 Å². The van der Waals surface area contributed by atoms with Crippen molar-refractivity contribution >= 4 is 12.4 Å². The summed E-state index contributed by atoms with van der Waals surface area (Å²) < 4.78 is 53.5. The minimum atomic E-state index is -1.36. The standard InChI is InChI=1S/C12H14F4N2.ClH/c1-7(18-4-2-17-3-5-18)10-11(15)8(13)6-9(14)12(10)16;/h6-7,17H,2-5H2,1H3;1H/t7-;/m1./s1. The van der Waals surface area contributed by atoms with Gasteiger partial charge in [-0.1, -0.05) is 0 Å². The van der Waals surface area contributed by atoms with Crippen molar-refractivity contribution in [1.29, 1.82) is 0 Å². The molecule has 0 aliphatic carbocycles. The molecule has 1 saturated heterocycles. The number of rotatable bonds is 2. The predicted octanol–water partition coefficient (Wildman–Crippen LogP) is 2.63. The Morgan fingerprint density at radius 3 is 2.00 bits per heavy atom. The summed E-state index contributed by atoms with van der Waals surface area (Å²) in [5, 5.41) is 3.10. The van der Waals surface area contributed by atoms with E-state index >= 15 is 0 Å². The molecule has 0 unspecified atom stereocenters. The van der Waals surface area contributed by atoms with Crippen LogP contribution in [0.1, 0.15) is 18.5 Å². The average molecular weight is 299 g/mol. The van der Waals surface area contributed by atoms with Gasteiger partial charge < -0.3 is 5.32 Å². The minimum absolute atomic E-state index is 0. The molecular weight excluding hydrogens is 284 g/mol. The highest BCUT2D eigenvalue weighted by atomic mass is 35.5. The van der Waals surface area contributed by atoms with Gasteiger partial charge in [0.2, 0.25) is 0 Å². The van der Waals surface area contributed by atoms with Gasteiger partial charge in [0, 0.05) is 43.9 Å². The smallest absolute Gasteiger partial charge is 0.166 e. The van der Waals surface area contributed by atoms with Gasteiger partial charge in [-0.25, -0.2) is 17.6 Å². The Balaban J connectivity index is 0.00000180. The van der Waals surface area contributed by atoms with Crippen LogP contribution in [0.3, 0.4) is 0 Å². The third kappa shape index (κ3) is 3.19. The second kappa shape index (κ2) is 6.54. The largest absolute Gasteiger partial charge is 0.314 e. The monoisotopic (exact) mass is 298 g/mol. The Morgan fingerprint density at radius 2 is 1.53 bits per heavy atom. The Bertz CT molecular complexity index is 424. The van der Waals surface area contributed by atoms with Crippen molar-refractivity contribution < 1.29 is 17.6 Å². The van der Waals surface area contributed by atoms with Gasteiger partial charge >= 0.3 is 0 Å². The first-order valence-electron chi connectivity index (χ1n) is 5.80. The summed E-state index contributed by atoms with van der Waals surface area (Å²) in [6.45, 7) is 4.08. The average Bonchev–Trinajstić information content (AvgIpc) is 2.37. The maximum atomic E-state index is 13.6. The molecule has 0 aromatic heterocycles. The zero-order valence-corrected chi connectivity index (χ0v) is 11.2. The zero-order valence-electron chi connectivity index (χ0n) is 10.4. The normalized spacial score (nSPS) is 17.9. The van der Waals surface area contributed by atoms with Crippen molar-refractivity contribution in [3.05, 3.63) is 34.9 Å². The molecule has 1 N–H and O–H groups in total. The van der Waals surface area contributed by atoms with Crippen LogP contribution in [0.4, 0.5) is 17.6 Å². The van der Waals surface area contributed by atoms with Crippen molar-refractivity contribution in [3.8, 4) is 0 Å². The van der Waals surface area contributed by atoms with Crippen molar-refractivity contribution in [2.75, 3.05) is 26.2 Å². The van der Waals surface area contributed by atoms with Crippen LogP contribution < -0.4 is 5.32 Å². The van der Waals surface area contributed by atoms with Crippen molar-refractivity contribution in [2.45, 2.75) is 13.0 Å². The summed E-state index contributed by atoms with van der Waals surface area (Å²) in [5.74, 6) is -5.32. The Labute approximate surface area is 115 Å². The molecule has 0 spiro atoms. The molecular formula is C12H15ClF4N2. The second-order valence-electron chi connectivity index (χ2n) is 4.34. The molecule has 1 aliphatic heterocycles. The molecule has 1 aromatic carbocycles. The summed E-state index contributed by atoms with van der Waals surface area (Å²) in [6.07, 6.45) is 0. The van der Waals surface area contributed by atoms with Gasteiger partial charge in [-0.3, -0.25) is 4.90 Å². The number of hydrogen-bond donors (Lipinski definition) is 1. The molecule has 0 amide bonds. The first-order valence-corrected chi connectivity index (χ1v) is 5.80. The van der Waals surface area contributed by atoms with E-state index in [1.807, 2.05) is 0 Å². The van der Waals surface area contributed by atoms with E-state index in [4.69, 9.17) is 0 Å². The first kappa shape index (κ1) is 16.2.